The van der Waals surface area contributed by atoms with E-state index >= 15 is 0 Å². The van der Waals surface area contributed by atoms with Gasteiger partial charge in [0.1, 0.15) is 0 Å². The molecule has 0 spiro atoms. The third-order valence-electron chi connectivity index (χ3n) is 2.10. The van der Waals surface area contributed by atoms with E-state index in [1.165, 1.54) is 11.1 Å². The van der Waals surface area contributed by atoms with Crippen LogP contribution in [-0.4, -0.2) is 10.3 Å². The summed E-state index contributed by atoms with van der Waals surface area (Å²) in [6.45, 7) is 6.55. The molecule has 0 fully saturated rings. The molecule has 0 aliphatic rings. The fourth-order valence-corrected chi connectivity index (χ4v) is 1.55. The van der Waals surface area contributed by atoms with Gasteiger partial charge in [0.15, 0.2) is 0 Å². The molecule has 0 unspecified atom stereocenters. The van der Waals surface area contributed by atoms with Crippen molar-refractivity contribution in [3.8, 4) is 0 Å². The van der Waals surface area contributed by atoms with E-state index in [4.69, 9.17) is 0 Å². The van der Waals surface area contributed by atoms with Crippen LogP contribution in [0.1, 0.15) is 25.0 Å². The van der Waals surface area contributed by atoms with Crippen LogP contribution in [0, 0.1) is 6.92 Å². The molecule has 0 aromatic carbocycles. The van der Waals surface area contributed by atoms with Crippen molar-refractivity contribution in [2.75, 3.05) is 5.33 Å². The third-order valence-corrected chi connectivity index (χ3v) is 3.50. The minimum atomic E-state index is 0.179. The van der Waals surface area contributed by atoms with Crippen LogP contribution in [0.3, 0.4) is 0 Å². The number of pyridine rings is 1. The largest absolute Gasteiger partial charge is 0.264 e. The quantitative estimate of drug-likeness (QED) is 0.709. The fraction of sp³-hybridized carbons (Fsp3) is 0.500. The van der Waals surface area contributed by atoms with Gasteiger partial charge < -0.3 is 0 Å². The van der Waals surface area contributed by atoms with Gasteiger partial charge in [-0.25, -0.2) is 0 Å². The Morgan fingerprint density at radius 3 is 2.67 bits per heavy atom. The lowest BCUT2D eigenvalue weighted by molar-refractivity contribution is 0.599. The van der Waals surface area contributed by atoms with Gasteiger partial charge in [-0.1, -0.05) is 29.8 Å². The maximum Gasteiger partial charge on any atom is 0.0308 e. The van der Waals surface area contributed by atoms with E-state index in [-0.39, 0.29) is 5.41 Å². The zero-order valence-electron chi connectivity index (χ0n) is 7.76. The molecule has 0 saturated heterocycles. The summed E-state index contributed by atoms with van der Waals surface area (Å²) >= 11 is 3.51. The van der Waals surface area contributed by atoms with E-state index in [0.29, 0.717) is 0 Å². The zero-order valence-corrected chi connectivity index (χ0v) is 9.35. The molecule has 66 valence electrons. The molecule has 1 rings (SSSR count). The lowest BCUT2D eigenvalue weighted by Gasteiger charge is -2.23. The van der Waals surface area contributed by atoms with E-state index in [1.54, 1.807) is 0 Å². The Morgan fingerprint density at radius 2 is 2.17 bits per heavy atom. The smallest absolute Gasteiger partial charge is 0.0308 e. The summed E-state index contributed by atoms with van der Waals surface area (Å²) in [6, 6.07) is 2.06. The van der Waals surface area contributed by atoms with E-state index in [2.05, 4.69) is 47.8 Å². The molecule has 1 nitrogen and oxygen atoms in total. The summed E-state index contributed by atoms with van der Waals surface area (Å²) in [5, 5.41) is 0.965. The monoisotopic (exact) mass is 227 g/mol. The molecule has 0 saturated carbocycles. The van der Waals surface area contributed by atoms with Gasteiger partial charge in [-0.2, -0.15) is 0 Å². The predicted molar refractivity (Wildman–Crippen MR) is 55.8 cm³/mol. The first-order chi connectivity index (χ1) is 5.58. The molecule has 0 N–H and O–H groups in total. The molecular formula is C10H14BrN. The Bertz CT molecular complexity index is 268. The van der Waals surface area contributed by atoms with Crippen LogP contribution in [0.15, 0.2) is 18.5 Å². The summed E-state index contributed by atoms with van der Waals surface area (Å²) in [6.07, 6.45) is 3.79. The number of aryl methyl sites for hydroxylation is 1. The maximum absolute atomic E-state index is 4.14. The second kappa shape index (κ2) is 3.56. The van der Waals surface area contributed by atoms with E-state index in [1.807, 2.05) is 12.4 Å². The minimum absolute atomic E-state index is 0.179. The van der Waals surface area contributed by atoms with Crippen LogP contribution < -0.4 is 0 Å². The molecule has 0 radical (unpaired) electrons. The Kier molecular flexibility index (Phi) is 2.89. The van der Waals surface area contributed by atoms with Gasteiger partial charge in [0, 0.05) is 23.1 Å². The number of rotatable bonds is 2. The van der Waals surface area contributed by atoms with Crippen molar-refractivity contribution in [2.45, 2.75) is 26.2 Å². The van der Waals surface area contributed by atoms with Crippen LogP contribution in [0.2, 0.25) is 0 Å². The van der Waals surface area contributed by atoms with E-state index in [0.717, 1.165) is 5.33 Å². The lowest BCUT2D eigenvalue weighted by atomic mass is 9.85. The topological polar surface area (TPSA) is 12.9 Å². The van der Waals surface area contributed by atoms with Crippen molar-refractivity contribution in [1.29, 1.82) is 0 Å². The molecule has 12 heavy (non-hydrogen) atoms. The number of alkyl halides is 1. The maximum atomic E-state index is 4.14. The molecule has 0 aliphatic carbocycles. The highest BCUT2D eigenvalue weighted by molar-refractivity contribution is 9.09. The Morgan fingerprint density at radius 1 is 1.50 bits per heavy atom. The van der Waals surface area contributed by atoms with Gasteiger partial charge in [0.05, 0.1) is 0 Å². The van der Waals surface area contributed by atoms with Gasteiger partial charge in [0.25, 0.3) is 0 Å². The second-order valence-electron chi connectivity index (χ2n) is 3.71. The predicted octanol–water partition coefficient (Wildman–Crippen LogP) is 3.06. The van der Waals surface area contributed by atoms with Gasteiger partial charge >= 0.3 is 0 Å². The average Bonchev–Trinajstić information content (AvgIpc) is 2.05. The molecule has 0 bridgehead atoms. The fourth-order valence-electron chi connectivity index (χ4n) is 1.24. The number of halogens is 1. The number of aromatic nitrogens is 1. The highest BCUT2D eigenvalue weighted by Gasteiger charge is 2.20. The van der Waals surface area contributed by atoms with Crippen LogP contribution in [-0.2, 0) is 5.41 Å². The summed E-state index contributed by atoms with van der Waals surface area (Å²) in [4.78, 5) is 4.14. The molecule has 1 aromatic heterocycles. The van der Waals surface area contributed by atoms with Crippen LogP contribution in [0.25, 0.3) is 0 Å². The van der Waals surface area contributed by atoms with E-state index < -0.39 is 0 Å². The summed E-state index contributed by atoms with van der Waals surface area (Å²) < 4.78 is 0. The van der Waals surface area contributed by atoms with Gasteiger partial charge in [-0.3, -0.25) is 4.98 Å². The van der Waals surface area contributed by atoms with Gasteiger partial charge in [-0.05, 0) is 24.1 Å². The van der Waals surface area contributed by atoms with Crippen molar-refractivity contribution >= 4 is 15.9 Å². The molecule has 2 heteroatoms. The first kappa shape index (κ1) is 9.72. The number of nitrogens with zero attached hydrogens (tertiary/aromatic N) is 1. The van der Waals surface area contributed by atoms with Crippen molar-refractivity contribution in [3.63, 3.8) is 0 Å². The van der Waals surface area contributed by atoms with Crippen molar-refractivity contribution < 1.29 is 0 Å². The molecular weight excluding hydrogens is 214 g/mol. The second-order valence-corrected chi connectivity index (χ2v) is 4.27. The normalized spacial score (nSPS) is 11.7. The molecule has 0 atom stereocenters. The van der Waals surface area contributed by atoms with Gasteiger partial charge in [0.2, 0.25) is 0 Å². The number of hydrogen-bond donors (Lipinski definition) is 0. The van der Waals surface area contributed by atoms with Crippen LogP contribution >= 0.6 is 15.9 Å². The van der Waals surface area contributed by atoms with Crippen LogP contribution in [0.5, 0.6) is 0 Å². The lowest BCUT2D eigenvalue weighted by Crippen LogP contribution is -2.20. The third kappa shape index (κ3) is 1.86. The molecule has 1 aromatic rings. The Labute approximate surface area is 82.3 Å². The Hall–Kier alpha value is -0.370. The highest BCUT2D eigenvalue weighted by Crippen LogP contribution is 2.26. The van der Waals surface area contributed by atoms with Crippen molar-refractivity contribution in [2.24, 2.45) is 0 Å². The standard InChI is InChI=1S/C10H14BrN/c1-8-4-5-12-6-9(8)10(2,3)7-11/h4-6H,7H2,1-3H3. The SMILES string of the molecule is Cc1ccncc1C(C)(C)CBr. The molecule has 0 amide bonds. The first-order valence-electron chi connectivity index (χ1n) is 4.05. The van der Waals surface area contributed by atoms with Gasteiger partial charge in [-0.15, -0.1) is 0 Å². The van der Waals surface area contributed by atoms with E-state index in [9.17, 15) is 0 Å². The minimum Gasteiger partial charge on any atom is -0.264 e. The van der Waals surface area contributed by atoms with Crippen LogP contribution in [0.4, 0.5) is 0 Å². The molecule has 1 heterocycles. The molecule has 0 aliphatic heterocycles. The zero-order chi connectivity index (χ0) is 9.19. The number of hydrogen-bond acceptors (Lipinski definition) is 1. The first-order valence-corrected chi connectivity index (χ1v) is 5.17. The summed E-state index contributed by atoms with van der Waals surface area (Å²) in [5.74, 6) is 0. The summed E-state index contributed by atoms with van der Waals surface area (Å²) in [5.41, 5.74) is 2.81. The van der Waals surface area contributed by atoms with Crippen molar-refractivity contribution in [3.05, 3.63) is 29.6 Å². The average molecular weight is 228 g/mol. The Balaban J connectivity index is 3.10. The summed E-state index contributed by atoms with van der Waals surface area (Å²) in [7, 11) is 0. The highest BCUT2D eigenvalue weighted by atomic mass is 79.9. The van der Waals surface area contributed by atoms with Crippen molar-refractivity contribution in [1.82, 2.24) is 4.98 Å².